The zero-order chi connectivity index (χ0) is 25.2. The predicted molar refractivity (Wildman–Crippen MR) is 124 cm³/mol. The molecule has 0 aromatic heterocycles. The van der Waals surface area contributed by atoms with Crippen molar-refractivity contribution in [1.29, 1.82) is 0 Å². The Morgan fingerprint density at radius 1 is 0.886 bits per heavy atom. The maximum Gasteiger partial charge on any atom is 0.352 e. The summed E-state index contributed by atoms with van der Waals surface area (Å²) in [5, 5.41) is 10.7. The number of hydrogen-bond donors (Lipinski definition) is 2. The van der Waals surface area contributed by atoms with Gasteiger partial charge in [-0.3, -0.25) is 4.79 Å². The molecule has 3 aromatic carbocycles. The smallest absolute Gasteiger partial charge is 0.352 e. The number of nitrogens with two attached hydrogens (primary N) is 1. The van der Waals surface area contributed by atoms with Crippen molar-refractivity contribution >= 4 is 27.7 Å². The topological polar surface area (TPSA) is 144 Å². The molecular formula is C25H20N2O7S. The lowest BCUT2D eigenvalue weighted by molar-refractivity contribution is -0.134. The molecule has 35 heavy (non-hydrogen) atoms. The number of sulfone groups is 1. The molecule has 1 aliphatic heterocycles. The molecule has 0 saturated heterocycles. The van der Waals surface area contributed by atoms with Crippen molar-refractivity contribution in [3.63, 3.8) is 0 Å². The molecular weight excluding hydrogens is 472 g/mol. The van der Waals surface area contributed by atoms with Crippen LogP contribution in [0.2, 0.25) is 0 Å². The van der Waals surface area contributed by atoms with Gasteiger partial charge in [-0.15, -0.1) is 0 Å². The predicted octanol–water partition coefficient (Wildman–Crippen LogP) is 2.77. The molecule has 0 radical (unpaired) electrons. The SMILES string of the molecule is NC(=O)N1C(=O)C(C(=O)Oc2ccc(S(=O)(=O)c3ccccc3)cc2)=C(O)C1Cc1ccccc1. The molecule has 1 heterocycles. The second kappa shape index (κ2) is 9.43. The third-order valence-corrected chi connectivity index (χ3v) is 7.21. The Morgan fingerprint density at radius 2 is 1.43 bits per heavy atom. The van der Waals surface area contributed by atoms with E-state index in [1.54, 1.807) is 48.5 Å². The number of aliphatic hydroxyl groups excluding tert-OH is 1. The number of esters is 1. The van der Waals surface area contributed by atoms with Gasteiger partial charge in [0.1, 0.15) is 17.6 Å². The van der Waals surface area contributed by atoms with Crippen LogP contribution in [-0.2, 0) is 25.8 Å². The average Bonchev–Trinajstić information content (AvgIpc) is 3.10. The Bertz CT molecular complexity index is 1420. The summed E-state index contributed by atoms with van der Waals surface area (Å²) in [5.74, 6) is -2.98. The van der Waals surface area contributed by atoms with Crippen LogP contribution in [0.1, 0.15) is 5.56 Å². The molecule has 0 fully saturated rings. The molecule has 178 valence electrons. The van der Waals surface area contributed by atoms with E-state index in [1.165, 1.54) is 36.4 Å². The summed E-state index contributed by atoms with van der Waals surface area (Å²) in [6.45, 7) is 0. The largest absolute Gasteiger partial charge is 0.509 e. The van der Waals surface area contributed by atoms with Gasteiger partial charge in [0.05, 0.1) is 9.79 Å². The number of amides is 3. The Labute approximate surface area is 201 Å². The Balaban J connectivity index is 1.56. The maximum atomic E-state index is 12.8. The molecule has 0 aliphatic carbocycles. The van der Waals surface area contributed by atoms with Crippen LogP contribution >= 0.6 is 0 Å². The molecule has 3 aromatic rings. The quantitative estimate of drug-likeness (QED) is 0.306. The first-order chi connectivity index (χ1) is 16.7. The fourth-order valence-corrected chi connectivity index (χ4v) is 4.99. The van der Waals surface area contributed by atoms with E-state index in [1.807, 2.05) is 0 Å². The minimum absolute atomic E-state index is 0.0228. The lowest BCUT2D eigenvalue weighted by Crippen LogP contribution is -2.45. The summed E-state index contributed by atoms with van der Waals surface area (Å²) >= 11 is 0. The highest BCUT2D eigenvalue weighted by Crippen LogP contribution is 2.29. The number of imide groups is 1. The van der Waals surface area contributed by atoms with E-state index in [0.29, 0.717) is 10.5 Å². The standard InChI is InChI=1S/C25H20N2O7S/c26-25(31)27-20(15-16-7-3-1-4-8-16)22(28)21(23(27)29)24(30)34-17-11-13-19(14-12-17)35(32,33)18-9-5-2-6-10-18/h1-14,20,28H,15H2,(H2,26,31). The molecule has 3 N–H and O–H groups in total. The third kappa shape index (κ3) is 4.64. The lowest BCUT2D eigenvalue weighted by atomic mass is 10.0. The second-order valence-electron chi connectivity index (χ2n) is 7.66. The fourth-order valence-electron chi connectivity index (χ4n) is 3.71. The average molecular weight is 493 g/mol. The first-order valence-corrected chi connectivity index (χ1v) is 11.9. The van der Waals surface area contributed by atoms with E-state index < -0.39 is 45.1 Å². The van der Waals surface area contributed by atoms with E-state index >= 15 is 0 Å². The van der Waals surface area contributed by atoms with E-state index in [0.717, 1.165) is 0 Å². The number of ether oxygens (including phenoxy) is 1. The van der Waals surface area contributed by atoms with Gasteiger partial charge in [-0.2, -0.15) is 0 Å². The van der Waals surface area contributed by atoms with Gasteiger partial charge in [-0.25, -0.2) is 22.9 Å². The molecule has 9 nitrogen and oxygen atoms in total. The van der Waals surface area contributed by atoms with Crippen LogP contribution in [0.25, 0.3) is 0 Å². The minimum atomic E-state index is -3.77. The summed E-state index contributed by atoms with van der Waals surface area (Å²) in [5.41, 5.74) is 5.32. The van der Waals surface area contributed by atoms with Crippen molar-refractivity contribution in [1.82, 2.24) is 4.90 Å². The van der Waals surface area contributed by atoms with Crippen molar-refractivity contribution in [3.8, 4) is 5.75 Å². The Morgan fingerprint density at radius 3 is 2.00 bits per heavy atom. The van der Waals surface area contributed by atoms with Crippen molar-refractivity contribution in [2.24, 2.45) is 5.73 Å². The normalized spacial score (nSPS) is 15.8. The summed E-state index contributed by atoms with van der Waals surface area (Å²) in [7, 11) is -3.77. The highest BCUT2D eigenvalue weighted by Gasteiger charge is 2.46. The van der Waals surface area contributed by atoms with Crippen LogP contribution in [0.4, 0.5) is 4.79 Å². The van der Waals surface area contributed by atoms with E-state index in [9.17, 15) is 27.9 Å². The summed E-state index contributed by atoms with van der Waals surface area (Å²) in [6, 6.07) is 19.3. The number of carbonyl (C=O) groups excluding carboxylic acids is 3. The van der Waals surface area contributed by atoms with Crippen LogP contribution in [0.5, 0.6) is 5.75 Å². The third-order valence-electron chi connectivity index (χ3n) is 5.43. The molecule has 0 saturated carbocycles. The van der Waals surface area contributed by atoms with Crippen molar-refractivity contribution < 1.29 is 32.6 Å². The molecule has 3 amide bonds. The molecule has 1 atom stereocenters. The molecule has 1 unspecified atom stereocenters. The number of benzene rings is 3. The molecule has 4 rings (SSSR count). The van der Waals surface area contributed by atoms with Crippen LogP contribution in [0, 0.1) is 0 Å². The summed E-state index contributed by atoms with van der Waals surface area (Å²) in [4.78, 5) is 38.1. The van der Waals surface area contributed by atoms with E-state index in [2.05, 4.69) is 0 Å². The number of aliphatic hydroxyl groups is 1. The number of carbonyl (C=O) groups is 3. The van der Waals surface area contributed by atoms with Gasteiger partial charge in [-0.05, 0) is 42.0 Å². The zero-order valence-electron chi connectivity index (χ0n) is 18.2. The monoisotopic (exact) mass is 492 g/mol. The Kier molecular flexibility index (Phi) is 6.39. The highest BCUT2D eigenvalue weighted by molar-refractivity contribution is 7.91. The van der Waals surface area contributed by atoms with E-state index in [4.69, 9.17) is 10.5 Å². The number of hydrogen-bond acceptors (Lipinski definition) is 7. The van der Waals surface area contributed by atoms with Gasteiger partial charge in [-0.1, -0.05) is 48.5 Å². The van der Waals surface area contributed by atoms with Crippen molar-refractivity contribution in [3.05, 3.63) is 102 Å². The summed E-state index contributed by atoms with van der Waals surface area (Å²) < 4.78 is 30.6. The number of primary amides is 1. The second-order valence-corrected chi connectivity index (χ2v) is 9.61. The van der Waals surface area contributed by atoms with Gasteiger partial charge in [0.2, 0.25) is 9.84 Å². The zero-order valence-corrected chi connectivity index (χ0v) is 19.0. The Hall–Kier alpha value is -4.44. The van der Waals surface area contributed by atoms with Gasteiger partial charge in [0.15, 0.2) is 5.57 Å². The number of nitrogens with zero attached hydrogens (tertiary/aromatic N) is 1. The first kappa shape index (κ1) is 23.7. The van der Waals surface area contributed by atoms with Crippen LogP contribution < -0.4 is 10.5 Å². The van der Waals surface area contributed by atoms with Crippen LogP contribution in [0.15, 0.2) is 106 Å². The van der Waals surface area contributed by atoms with Gasteiger partial charge >= 0.3 is 12.0 Å². The maximum absolute atomic E-state index is 12.8. The van der Waals surface area contributed by atoms with Gasteiger partial charge in [0.25, 0.3) is 5.91 Å². The van der Waals surface area contributed by atoms with Gasteiger partial charge in [0, 0.05) is 6.42 Å². The fraction of sp³-hybridized carbons (Fsp3) is 0.0800. The van der Waals surface area contributed by atoms with Crippen LogP contribution in [0.3, 0.4) is 0 Å². The van der Waals surface area contributed by atoms with E-state index in [-0.39, 0.29) is 22.0 Å². The molecule has 0 bridgehead atoms. The highest BCUT2D eigenvalue weighted by atomic mass is 32.2. The van der Waals surface area contributed by atoms with Crippen LogP contribution in [-0.4, -0.2) is 42.4 Å². The minimum Gasteiger partial charge on any atom is -0.509 e. The lowest BCUT2D eigenvalue weighted by Gasteiger charge is -2.21. The molecule has 10 heteroatoms. The number of urea groups is 1. The first-order valence-electron chi connectivity index (χ1n) is 10.4. The van der Waals surface area contributed by atoms with Gasteiger partial charge < -0.3 is 15.6 Å². The molecule has 0 spiro atoms. The summed E-state index contributed by atoms with van der Waals surface area (Å²) in [6.07, 6.45) is 0.0458. The van der Waals surface area contributed by atoms with Crippen molar-refractivity contribution in [2.75, 3.05) is 0 Å². The number of rotatable bonds is 6. The van der Waals surface area contributed by atoms with Crippen molar-refractivity contribution in [2.45, 2.75) is 22.3 Å². The molecule has 1 aliphatic rings.